The predicted molar refractivity (Wildman–Crippen MR) is 71.3 cm³/mol. The molecule has 2 atom stereocenters. The molecular weight excluding hydrogens is 228 g/mol. The lowest BCUT2D eigenvalue weighted by molar-refractivity contribution is 0.410. The second-order valence-corrected chi connectivity index (χ2v) is 5.54. The van der Waals surface area contributed by atoms with Crippen LogP contribution in [0.5, 0.6) is 0 Å². The molecule has 2 aromatic rings. The second-order valence-electron chi connectivity index (χ2n) is 4.56. The average molecular weight is 244 g/mol. The van der Waals surface area contributed by atoms with Gasteiger partial charge in [0.15, 0.2) is 0 Å². The van der Waals surface area contributed by atoms with E-state index in [4.69, 9.17) is 0 Å². The van der Waals surface area contributed by atoms with Crippen LogP contribution in [0.25, 0.3) is 0 Å². The van der Waals surface area contributed by atoms with Crippen LogP contribution >= 0.6 is 11.3 Å². The third kappa shape index (κ3) is 2.01. The van der Waals surface area contributed by atoms with Crippen molar-refractivity contribution in [2.75, 3.05) is 7.05 Å². The molecule has 0 aliphatic heterocycles. The summed E-state index contributed by atoms with van der Waals surface area (Å²) in [6.45, 7) is 0. The Kier molecular flexibility index (Phi) is 2.95. The number of hydrogen-bond acceptors (Lipinski definition) is 3. The van der Waals surface area contributed by atoms with Crippen molar-refractivity contribution in [1.82, 2.24) is 10.3 Å². The molecule has 1 aliphatic rings. The van der Waals surface area contributed by atoms with E-state index < -0.39 is 0 Å². The summed E-state index contributed by atoms with van der Waals surface area (Å²) in [4.78, 5) is 4.40. The smallest absolute Gasteiger partial charge is 0.0928 e. The average Bonchev–Trinajstić information content (AvgIpc) is 2.96. The second kappa shape index (κ2) is 4.59. The van der Waals surface area contributed by atoms with Gasteiger partial charge in [0.25, 0.3) is 0 Å². The van der Waals surface area contributed by atoms with Gasteiger partial charge >= 0.3 is 0 Å². The van der Waals surface area contributed by atoms with E-state index in [0.29, 0.717) is 12.0 Å². The van der Waals surface area contributed by atoms with Crippen LogP contribution in [0, 0.1) is 5.92 Å². The number of nitrogens with one attached hydrogen (secondary N) is 1. The Balaban J connectivity index is 1.84. The van der Waals surface area contributed by atoms with Crippen molar-refractivity contribution in [3.05, 3.63) is 52.0 Å². The summed E-state index contributed by atoms with van der Waals surface area (Å²) in [6.07, 6.45) is 4.15. The minimum absolute atomic E-state index is 0.482. The van der Waals surface area contributed by atoms with Crippen LogP contribution < -0.4 is 5.32 Å². The fourth-order valence-corrected chi connectivity index (χ4v) is 3.55. The molecule has 2 unspecified atom stereocenters. The van der Waals surface area contributed by atoms with Crippen molar-refractivity contribution in [2.24, 2.45) is 5.92 Å². The van der Waals surface area contributed by atoms with E-state index in [-0.39, 0.29) is 0 Å². The van der Waals surface area contributed by atoms with Crippen LogP contribution in [0.15, 0.2) is 35.8 Å². The lowest BCUT2D eigenvalue weighted by Gasteiger charge is -2.18. The van der Waals surface area contributed by atoms with E-state index in [9.17, 15) is 0 Å². The first kappa shape index (κ1) is 10.9. The van der Waals surface area contributed by atoms with Crippen LogP contribution in [0.3, 0.4) is 0 Å². The van der Waals surface area contributed by atoms with Crippen LogP contribution in [-0.4, -0.2) is 12.0 Å². The molecule has 3 heteroatoms. The molecule has 2 nitrogen and oxygen atoms in total. The molecule has 0 fully saturated rings. The first-order valence-electron chi connectivity index (χ1n) is 6.02. The summed E-state index contributed by atoms with van der Waals surface area (Å²) in [5.74, 6) is 0.642. The molecule has 1 N–H and O–H groups in total. The van der Waals surface area contributed by atoms with Gasteiger partial charge in [-0.05, 0) is 30.5 Å². The molecule has 0 bridgehead atoms. The first-order valence-corrected chi connectivity index (χ1v) is 6.90. The van der Waals surface area contributed by atoms with E-state index in [1.54, 1.807) is 11.3 Å². The van der Waals surface area contributed by atoms with Gasteiger partial charge < -0.3 is 5.32 Å². The van der Waals surface area contributed by atoms with Crippen molar-refractivity contribution in [1.29, 1.82) is 0 Å². The highest BCUT2D eigenvalue weighted by Crippen LogP contribution is 2.37. The van der Waals surface area contributed by atoms with Gasteiger partial charge in [0.1, 0.15) is 0 Å². The van der Waals surface area contributed by atoms with Crippen molar-refractivity contribution in [3.63, 3.8) is 0 Å². The fraction of sp³-hybridized carbons (Fsp3) is 0.357. The molecular formula is C14H16N2S. The Morgan fingerprint density at radius 1 is 1.41 bits per heavy atom. The van der Waals surface area contributed by atoms with E-state index in [2.05, 4.69) is 47.0 Å². The highest BCUT2D eigenvalue weighted by molar-refractivity contribution is 7.09. The Hall–Kier alpha value is -1.19. The number of benzene rings is 1. The highest BCUT2D eigenvalue weighted by Gasteiger charge is 2.31. The Morgan fingerprint density at radius 2 is 2.29 bits per heavy atom. The summed E-state index contributed by atoms with van der Waals surface area (Å²) in [7, 11) is 2.06. The molecule has 0 spiro atoms. The number of rotatable bonds is 3. The minimum atomic E-state index is 0.482. The van der Waals surface area contributed by atoms with Crippen molar-refractivity contribution >= 4 is 11.3 Å². The van der Waals surface area contributed by atoms with E-state index in [1.165, 1.54) is 22.6 Å². The van der Waals surface area contributed by atoms with Gasteiger partial charge in [-0.25, -0.2) is 4.98 Å². The normalized spacial score (nSPS) is 22.6. The van der Waals surface area contributed by atoms with Gasteiger partial charge in [0.05, 0.1) is 5.01 Å². The Bertz CT molecular complexity index is 491. The maximum atomic E-state index is 4.40. The molecule has 0 amide bonds. The van der Waals surface area contributed by atoms with Gasteiger partial charge in [0, 0.05) is 24.0 Å². The Morgan fingerprint density at radius 3 is 3.06 bits per heavy atom. The van der Waals surface area contributed by atoms with Crippen LogP contribution in [-0.2, 0) is 12.8 Å². The SMILES string of the molecule is CNC1c2ccccc2CC1Cc1nccs1. The predicted octanol–water partition coefficient (Wildman–Crippen LogP) is 2.82. The molecule has 0 saturated carbocycles. The van der Waals surface area contributed by atoms with E-state index >= 15 is 0 Å². The van der Waals surface area contributed by atoms with Gasteiger partial charge in [-0.1, -0.05) is 24.3 Å². The van der Waals surface area contributed by atoms with Gasteiger partial charge in [-0.2, -0.15) is 0 Å². The third-order valence-corrected chi connectivity index (χ3v) is 4.38. The molecule has 1 aliphatic carbocycles. The lowest BCUT2D eigenvalue weighted by atomic mass is 9.97. The minimum Gasteiger partial charge on any atom is -0.313 e. The highest BCUT2D eigenvalue weighted by atomic mass is 32.1. The van der Waals surface area contributed by atoms with E-state index in [0.717, 1.165) is 6.42 Å². The standard InChI is InChI=1S/C14H16N2S/c1-15-14-11(9-13-16-6-7-17-13)8-10-4-2-3-5-12(10)14/h2-7,11,14-15H,8-9H2,1H3. The zero-order valence-corrected chi connectivity index (χ0v) is 10.7. The van der Waals surface area contributed by atoms with Crippen LogP contribution in [0.4, 0.5) is 0 Å². The number of thiazole rings is 1. The zero-order chi connectivity index (χ0) is 11.7. The number of nitrogens with zero attached hydrogens (tertiary/aromatic N) is 1. The molecule has 1 aromatic heterocycles. The summed E-state index contributed by atoms with van der Waals surface area (Å²) in [5, 5.41) is 6.77. The van der Waals surface area contributed by atoms with Gasteiger partial charge in [0.2, 0.25) is 0 Å². The van der Waals surface area contributed by atoms with Crippen LogP contribution in [0.1, 0.15) is 22.2 Å². The molecule has 17 heavy (non-hydrogen) atoms. The monoisotopic (exact) mass is 244 g/mol. The van der Waals surface area contributed by atoms with E-state index in [1.807, 2.05) is 6.20 Å². The van der Waals surface area contributed by atoms with Gasteiger partial charge in [-0.15, -0.1) is 11.3 Å². The van der Waals surface area contributed by atoms with Crippen molar-refractivity contribution < 1.29 is 0 Å². The molecule has 1 heterocycles. The quantitative estimate of drug-likeness (QED) is 0.898. The third-order valence-electron chi connectivity index (χ3n) is 3.57. The van der Waals surface area contributed by atoms with Crippen molar-refractivity contribution in [2.45, 2.75) is 18.9 Å². The van der Waals surface area contributed by atoms with Crippen LogP contribution in [0.2, 0.25) is 0 Å². The number of fused-ring (bicyclic) bond motifs is 1. The Labute approximate surface area is 106 Å². The number of hydrogen-bond donors (Lipinski definition) is 1. The topological polar surface area (TPSA) is 24.9 Å². The molecule has 0 radical (unpaired) electrons. The van der Waals surface area contributed by atoms with Gasteiger partial charge in [-0.3, -0.25) is 0 Å². The maximum Gasteiger partial charge on any atom is 0.0928 e. The molecule has 0 saturated heterocycles. The summed E-state index contributed by atoms with van der Waals surface area (Å²) >= 11 is 1.76. The van der Waals surface area contributed by atoms with Crippen molar-refractivity contribution in [3.8, 4) is 0 Å². The molecule has 1 aromatic carbocycles. The summed E-state index contributed by atoms with van der Waals surface area (Å²) in [5.41, 5.74) is 2.96. The fourth-order valence-electron chi connectivity index (χ4n) is 2.84. The zero-order valence-electron chi connectivity index (χ0n) is 9.89. The lowest BCUT2D eigenvalue weighted by Crippen LogP contribution is -2.23. The number of aromatic nitrogens is 1. The summed E-state index contributed by atoms with van der Waals surface area (Å²) < 4.78 is 0. The maximum absolute atomic E-state index is 4.40. The molecule has 88 valence electrons. The first-order chi connectivity index (χ1) is 8.38. The largest absolute Gasteiger partial charge is 0.313 e. The summed E-state index contributed by atoms with van der Waals surface area (Å²) in [6, 6.07) is 9.25. The molecule has 3 rings (SSSR count).